The molecule has 2 N–H and O–H groups in total. The van der Waals surface area contributed by atoms with Crippen LogP contribution in [0.5, 0.6) is 5.75 Å². The number of nitrogens with two attached hydrogens (primary N) is 1. The third-order valence-electron chi connectivity index (χ3n) is 2.20. The van der Waals surface area contributed by atoms with Crippen LogP contribution in [-0.2, 0) is 6.42 Å². The molecule has 4 nitrogen and oxygen atoms in total. The lowest BCUT2D eigenvalue weighted by molar-refractivity contribution is 0.0966. The van der Waals surface area contributed by atoms with Crippen molar-refractivity contribution in [3.05, 3.63) is 54.0 Å². The highest BCUT2D eigenvalue weighted by Crippen LogP contribution is 2.14. The van der Waals surface area contributed by atoms with Gasteiger partial charge in [0.05, 0.1) is 6.26 Å². The number of carbonyl (C=O) groups excluding carboxylic acids is 1. The van der Waals surface area contributed by atoms with E-state index >= 15 is 0 Å². The lowest BCUT2D eigenvalue weighted by Gasteiger charge is -2.01. The van der Waals surface area contributed by atoms with E-state index in [0.29, 0.717) is 11.5 Å². The summed E-state index contributed by atoms with van der Waals surface area (Å²) < 4.78 is 5.02. The molecule has 0 bridgehead atoms. The SMILES string of the molecule is NOc1cccc(CC(=O)c2ccco2)c1. The number of carbonyl (C=O) groups is 1. The molecule has 0 aliphatic heterocycles. The van der Waals surface area contributed by atoms with E-state index in [1.807, 2.05) is 6.07 Å². The first-order valence-corrected chi connectivity index (χ1v) is 4.82. The first kappa shape index (κ1) is 10.4. The molecular weight excluding hydrogens is 206 g/mol. The summed E-state index contributed by atoms with van der Waals surface area (Å²) in [5.41, 5.74) is 0.837. The van der Waals surface area contributed by atoms with Crippen molar-refractivity contribution in [3.8, 4) is 5.75 Å². The summed E-state index contributed by atoms with van der Waals surface area (Å²) >= 11 is 0. The van der Waals surface area contributed by atoms with Crippen molar-refractivity contribution in [1.29, 1.82) is 0 Å². The van der Waals surface area contributed by atoms with Gasteiger partial charge in [-0.05, 0) is 29.8 Å². The second-order valence-electron chi connectivity index (χ2n) is 3.34. The van der Waals surface area contributed by atoms with Crippen LogP contribution in [0.4, 0.5) is 0 Å². The first-order chi connectivity index (χ1) is 7.79. The van der Waals surface area contributed by atoms with Gasteiger partial charge in [0.25, 0.3) is 0 Å². The lowest BCUT2D eigenvalue weighted by Crippen LogP contribution is -2.04. The average Bonchev–Trinajstić information content (AvgIpc) is 2.83. The number of furan rings is 1. The van der Waals surface area contributed by atoms with Crippen LogP contribution in [0.2, 0.25) is 0 Å². The number of benzene rings is 1. The van der Waals surface area contributed by atoms with Crippen LogP contribution in [0.25, 0.3) is 0 Å². The van der Waals surface area contributed by atoms with Crippen molar-refractivity contribution in [2.75, 3.05) is 0 Å². The summed E-state index contributed by atoms with van der Waals surface area (Å²) in [6, 6.07) is 10.4. The van der Waals surface area contributed by atoms with Gasteiger partial charge in [-0.25, -0.2) is 0 Å². The van der Waals surface area contributed by atoms with Gasteiger partial charge >= 0.3 is 0 Å². The standard InChI is InChI=1S/C12H11NO3/c13-16-10-4-1-3-9(7-10)8-11(14)12-5-2-6-15-12/h1-7H,8,13H2. The molecule has 0 saturated carbocycles. The van der Waals surface area contributed by atoms with Crippen LogP contribution < -0.4 is 10.7 Å². The molecule has 1 aromatic carbocycles. The molecule has 0 radical (unpaired) electrons. The molecule has 2 aromatic rings. The fourth-order valence-corrected chi connectivity index (χ4v) is 1.44. The van der Waals surface area contributed by atoms with Crippen LogP contribution in [0, 0.1) is 0 Å². The Hall–Kier alpha value is -2.07. The molecule has 1 aromatic heterocycles. The minimum absolute atomic E-state index is 0.0702. The summed E-state index contributed by atoms with van der Waals surface area (Å²) in [4.78, 5) is 16.3. The summed E-state index contributed by atoms with van der Waals surface area (Å²) in [7, 11) is 0. The molecule has 0 atom stereocenters. The van der Waals surface area contributed by atoms with Crippen LogP contribution in [-0.4, -0.2) is 5.78 Å². The van der Waals surface area contributed by atoms with Gasteiger partial charge in [0, 0.05) is 6.42 Å². The van der Waals surface area contributed by atoms with Crippen molar-refractivity contribution in [2.45, 2.75) is 6.42 Å². The molecule has 2 rings (SSSR count). The number of ketones is 1. The second-order valence-corrected chi connectivity index (χ2v) is 3.34. The number of rotatable bonds is 4. The molecule has 82 valence electrons. The zero-order valence-electron chi connectivity index (χ0n) is 8.55. The summed E-state index contributed by atoms with van der Waals surface area (Å²) in [5, 5.41) is 0. The van der Waals surface area contributed by atoms with Gasteiger partial charge in [0.1, 0.15) is 5.75 Å². The van der Waals surface area contributed by atoms with Crippen LogP contribution in [0.3, 0.4) is 0 Å². The zero-order valence-corrected chi connectivity index (χ0v) is 8.55. The Morgan fingerprint density at radius 3 is 2.88 bits per heavy atom. The van der Waals surface area contributed by atoms with Gasteiger partial charge in [-0.2, -0.15) is 5.90 Å². The maximum atomic E-state index is 11.7. The molecule has 16 heavy (non-hydrogen) atoms. The quantitative estimate of drug-likeness (QED) is 0.628. The lowest BCUT2D eigenvalue weighted by atomic mass is 10.1. The number of hydrogen-bond acceptors (Lipinski definition) is 4. The predicted molar refractivity (Wildman–Crippen MR) is 58.0 cm³/mol. The number of Topliss-reactive ketones (excluding diaryl/α,β-unsaturated/α-hetero) is 1. The van der Waals surface area contributed by atoms with Gasteiger partial charge in [0.15, 0.2) is 5.76 Å². The fraction of sp³-hybridized carbons (Fsp3) is 0.0833. The maximum Gasteiger partial charge on any atom is 0.202 e. The maximum absolute atomic E-state index is 11.7. The highest BCUT2D eigenvalue weighted by molar-refractivity contribution is 5.94. The fourth-order valence-electron chi connectivity index (χ4n) is 1.44. The van der Waals surface area contributed by atoms with E-state index in [9.17, 15) is 4.79 Å². The Balaban J connectivity index is 2.12. The molecule has 4 heteroatoms. The second kappa shape index (κ2) is 4.63. The summed E-state index contributed by atoms with van der Waals surface area (Å²) in [6.07, 6.45) is 1.75. The van der Waals surface area contributed by atoms with Gasteiger partial charge < -0.3 is 9.25 Å². The van der Waals surface area contributed by atoms with Gasteiger partial charge in [-0.15, -0.1) is 0 Å². The Morgan fingerprint density at radius 1 is 1.31 bits per heavy atom. The van der Waals surface area contributed by atoms with Gasteiger partial charge in [-0.3, -0.25) is 4.79 Å². The molecule has 0 amide bonds. The largest absolute Gasteiger partial charge is 0.461 e. The Morgan fingerprint density at radius 2 is 2.19 bits per heavy atom. The van der Waals surface area contributed by atoms with E-state index in [2.05, 4.69) is 4.84 Å². The highest BCUT2D eigenvalue weighted by Gasteiger charge is 2.09. The summed E-state index contributed by atoms with van der Waals surface area (Å²) in [5.74, 6) is 5.86. The molecule has 0 unspecified atom stereocenters. The molecular formula is C12H11NO3. The van der Waals surface area contributed by atoms with Crippen molar-refractivity contribution < 1.29 is 14.0 Å². The monoisotopic (exact) mass is 217 g/mol. The van der Waals surface area contributed by atoms with E-state index in [4.69, 9.17) is 10.3 Å². The van der Waals surface area contributed by atoms with Crippen molar-refractivity contribution in [1.82, 2.24) is 0 Å². The Kier molecular flexibility index (Phi) is 3.03. The van der Waals surface area contributed by atoms with Crippen LogP contribution in [0.15, 0.2) is 47.1 Å². The van der Waals surface area contributed by atoms with E-state index < -0.39 is 0 Å². The van der Waals surface area contributed by atoms with E-state index in [0.717, 1.165) is 5.56 Å². The summed E-state index contributed by atoms with van der Waals surface area (Å²) in [6.45, 7) is 0. The van der Waals surface area contributed by atoms with E-state index in [1.54, 1.807) is 30.3 Å². The molecule has 0 saturated heterocycles. The highest BCUT2D eigenvalue weighted by atomic mass is 16.6. The molecule has 0 spiro atoms. The minimum atomic E-state index is -0.0702. The molecule has 0 aliphatic rings. The predicted octanol–water partition coefficient (Wildman–Crippen LogP) is 1.96. The minimum Gasteiger partial charge on any atom is -0.461 e. The Labute approximate surface area is 92.6 Å². The number of hydrogen-bond donors (Lipinski definition) is 1. The topological polar surface area (TPSA) is 65.5 Å². The average molecular weight is 217 g/mol. The van der Waals surface area contributed by atoms with Crippen LogP contribution in [0.1, 0.15) is 16.1 Å². The van der Waals surface area contributed by atoms with Crippen LogP contribution >= 0.6 is 0 Å². The normalized spacial score (nSPS) is 10.1. The molecule has 1 heterocycles. The van der Waals surface area contributed by atoms with E-state index in [-0.39, 0.29) is 12.2 Å². The van der Waals surface area contributed by atoms with Crippen molar-refractivity contribution in [3.63, 3.8) is 0 Å². The zero-order chi connectivity index (χ0) is 11.4. The van der Waals surface area contributed by atoms with Gasteiger partial charge in [0.2, 0.25) is 5.78 Å². The van der Waals surface area contributed by atoms with Gasteiger partial charge in [-0.1, -0.05) is 12.1 Å². The first-order valence-electron chi connectivity index (χ1n) is 4.82. The van der Waals surface area contributed by atoms with E-state index in [1.165, 1.54) is 6.26 Å². The van der Waals surface area contributed by atoms with Crippen molar-refractivity contribution in [2.24, 2.45) is 5.90 Å². The molecule has 0 aliphatic carbocycles. The molecule has 0 fully saturated rings. The third-order valence-corrected chi connectivity index (χ3v) is 2.20. The Bertz CT molecular complexity index is 477. The third kappa shape index (κ3) is 2.29. The van der Waals surface area contributed by atoms with Crippen molar-refractivity contribution >= 4 is 5.78 Å². The smallest absolute Gasteiger partial charge is 0.202 e.